The van der Waals surface area contributed by atoms with Crippen LogP contribution in [0.25, 0.3) is 0 Å². The third-order valence-corrected chi connectivity index (χ3v) is 1.08. The van der Waals surface area contributed by atoms with Crippen molar-refractivity contribution in [2.45, 2.75) is 6.92 Å². The van der Waals surface area contributed by atoms with E-state index < -0.39 is 5.95 Å². The number of rotatable bonds is 0. The molecule has 0 atom stereocenters. The summed E-state index contributed by atoms with van der Waals surface area (Å²) in [6, 6.07) is 0. The van der Waals surface area contributed by atoms with Crippen LogP contribution in [0.2, 0.25) is 5.02 Å². The molecule has 1 aromatic rings. The van der Waals surface area contributed by atoms with Crippen molar-refractivity contribution in [3.8, 4) is 0 Å². The van der Waals surface area contributed by atoms with Crippen LogP contribution in [0.15, 0.2) is 6.20 Å². The van der Waals surface area contributed by atoms with Crippen LogP contribution in [-0.2, 0) is 0 Å². The third kappa shape index (κ3) is 1.36. The molecule has 0 amide bonds. The Morgan fingerprint density at radius 1 is 1.67 bits per heavy atom. The van der Waals surface area contributed by atoms with Crippen LogP contribution >= 0.6 is 11.6 Å². The third-order valence-electron chi connectivity index (χ3n) is 0.822. The van der Waals surface area contributed by atoms with E-state index in [0.717, 1.165) is 0 Å². The van der Waals surface area contributed by atoms with Crippen molar-refractivity contribution in [1.29, 1.82) is 0 Å². The van der Waals surface area contributed by atoms with Gasteiger partial charge in [0.25, 0.3) is 0 Å². The zero-order chi connectivity index (χ0) is 6.85. The molecule has 1 aromatic heterocycles. The van der Waals surface area contributed by atoms with Gasteiger partial charge in [-0.05, 0) is 6.92 Å². The molecule has 0 saturated carbocycles. The van der Waals surface area contributed by atoms with Gasteiger partial charge in [0.1, 0.15) is 10.8 Å². The monoisotopic (exact) mass is 146 g/mol. The molecule has 0 N–H and O–H groups in total. The second-order valence-electron chi connectivity index (χ2n) is 1.56. The van der Waals surface area contributed by atoms with E-state index in [4.69, 9.17) is 11.6 Å². The predicted molar refractivity (Wildman–Crippen MR) is 31.7 cm³/mol. The van der Waals surface area contributed by atoms with Crippen LogP contribution in [-0.4, -0.2) is 9.97 Å². The highest BCUT2D eigenvalue weighted by atomic mass is 35.5. The van der Waals surface area contributed by atoms with Gasteiger partial charge in [0.15, 0.2) is 0 Å². The van der Waals surface area contributed by atoms with Crippen LogP contribution < -0.4 is 0 Å². The van der Waals surface area contributed by atoms with Crippen molar-refractivity contribution in [3.05, 3.63) is 23.0 Å². The Morgan fingerprint density at radius 2 is 2.33 bits per heavy atom. The first kappa shape index (κ1) is 6.42. The van der Waals surface area contributed by atoms with Crippen molar-refractivity contribution >= 4 is 11.6 Å². The minimum atomic E-state index is -0.663. The van der Waals surface area contributed by atoms with Gasteiger partial charge in [-0.3, -0.25) is 0 Å². The predicted octanol–water partition coefficient (Wildman–Crippen LogP) is 1.58. The van der Waals surface area contributed by atoms with E-state index in [1.54, 1.807) is 6.92 Å². The lowest BCUT2D eigenvalue weighted by molar-refractivity contribution is 0.575. The molecular formula is C5H4ClFN2. The Morgan fingerprint density at radius 3 is 2.78 bits per heavy atom. The van der Waals surface area contributed by atoms with Crippen LogP contribution in [0.3, 0.4) is 0 Å². The van der Waals surface area contributed by atoms with Crippen molar-refractivity contribution in [2.24, 2.45) is 0 Å². The van der Waals surface area contributed by atoms with Crippen molar-refractivity contribution in [2.75, 3.05) is 0 Å². The molecule has 0 aliphatic carbocycles. The summed E-state index contributed by atoms with van der Waals surface area (Å²) < 4.78 is 12.3. The van der Waals surface area contributed by atoms with Gasteiger partial charge in [-0.15, -0.1) is 0 Å². The van der Waals surface area contributed by atoms with Gasteiger partial charge < -0.3 is 0 Å². The molecule has 0 saturated heterocycles. The van der Waals surface area contributed by atoms with Gasteiger partial charge in [-0.25, -0.2) is 9.97 Å². The van der Waals surface area contributed by atoms with Gasteiger partial charge in [0, 0.05) is 0 Å². The number of halogens is 2. The highest BCUT2D eigenvalue weighted by molar-refractivity contribution is 6.30. The lowest BCUT2D eigenvalue weighted by atomic mass is 10.6. The standard InChI is InChI=1S/C5H4ClFN2/c1-3-8-2-4(6)5(7)9-3/h2H,1H3. The van der Waals surface area contributed by atoms with Gasteiger partial charge in [0.05, 0.1) is 6.20 Å². The van der Waals surface area contributed by atoms with Gasteiger partial charge in [-0.2, -0.15) is 4.39 Å². The van der Waals surface area contributed by atoms with E-state index >= 15 is 0 Å². The SMILES string of the molecule is Cc1ncc(Cl)c(F)n1. The fraction of sp³-hybridized carbons (Fsp3) is 0.200. The summed E-state index contributed by atoms with van der Waals surface area (Å²) in [5.41, 5.74) is 0. The average molecular weight is 147 g/mol. The Kier molecular flexibility index (Phi) is 1.62. The van der Waals surface area contributed by atoms with E-state index in [-0.39, 0.29) is 5.02 Å². The smallest absolute Gasteiger partial charge is 0.234 e. The molecule has 4 heteroatoms. The quantitative estimate of drug-likeness (QED) is 0.520. The molecule has 0 aromatic carbocycles. The van der Waals surface area contributed by atoms with Gasteiger partial charge in [0.2, 0.25) is 5.95 Å². The molecular weight excluding hydrogens is 143 g/mol. The second-order valence-corrected chi connectivity index (χ2v) is 1.96. The summed E-state index contributed by atoms with van der Waals surface area (Å²) in [5.74, 6) is -0.277. The summed E-state index contributed by atoms with van der Waals surface area (Å²) in [5, 5.41) is -0.0411. The molecule has 2 nitrogen and oxygen atoms in total. The highest BCUT2D eigenvalue weighted by Gasteiger charge is 1.98. The minimum absolute atomic E-state index is 0.0411. The van der Waals surface area contributed by atoms with E-state index in [9.17, 15) is 4.39 Å². The Labute approximate surface area is 56.7 Å². The first-order valence-corrected chi connectivity index (χ1v) is 2.72. The number of aromatic nitrogens is 2. The average Bonchev–Trinajstić information content (AvgIpc) is 1.80. The van der Waals surface area contributed by atoms with Crippen molar-refractivity contribution in [1.82, 2.24) is 9.97 Å². The molecule has 1 rings (SSSR count). The number of aryl methyl sites for hydroxylation is 1. The lowest BCUT2D eigenvalue weighted by Crippen LogP contribution is -1.90. The molecule has 1 heterocycles. The summed E-state index contributed by atoms with van der Waals surface area (Å²) in [4.78, 5) is 7.02. The Balaban J connectivity index is 3.17. The fourth-order valence-corrected chi connectivity index (χ4v) is 0.519. The zero-order valence-corrected chi connectivity index (χ0v) is 5.48. The number of hydrogen-bond donors (Lipinski definition) is 0. The molecule has 0 radical (unpaired) electrons. The van der Waals surface area contributed by atoms with E-state index in [1.165, 1.54) is 6.20 Å². The van der Waals surface area contributed by atoms with E-state index in [2.05, 4.69) is 9.97 Å². The molecule has 0 fully saturated rings. The van der Waals surface area contributed by atoms with Gasteiger partial charge in [-0.1, -0.05) is 11.6 Å². The normalized spacial score (nSPS) is 9.67. The molecule has 9 heavy (non-hydrogen) atoms. The minimum Gasteiger partial charge on any atom is -0.240 e. The molecule has 0 bridgehead atoms. The van der Waals surface area contributed by atoms with Crippen LogP contribution in [0, 0.1) is 12.9 Å². The van der Waals surface area contributed by atoms with Crippen molar-refractivity contribution in [3.63, 3.8) is 0 Å². The van der Waals surface area contributed by atoms with Crippen molar-refractivity contribution < 1.29 is 4.39 Å². The summed E-state index contributed by atoms with van der Waals surface area (Å²) in [6.07, 6.45) is 1.24. The van der Waals surface area contributed by atoms with Crippen LogP contribution in [0.1, 0.15) is 5.82 Å². The van der Waals surface area contributed by atoms with Crippen LogP contribution in [0.4, 0.5) is 4.39 Å². The maximum Gasteiger partial charge on any atom is 0.234 e. The largest absolute Gasteiger partial charge is 0.240 e. The fourth-order valence-electron chi connectivity index (χ4n) is 0.428. The number of nitrogens with zero attached hydrogens (tertiary/aromatic N) is 2. The number of hydrogen-bond acceptors (Lipinski definition) is 2. The molecule has 0 unspecified atom stereocenters. The molecule has 0 aliphatic rings. The topological polar surface area (TPSA) is 25.8 Å². The van der Waals surface area contributed by atoms with E-state index in [1.807, 2.05) is 0 Å². The maximum absolute atomic E-state index is 12.3. The summed E-state index contributed by atoms with van der Waals surface area (Å²) in [7, 11) is 0. The molecule has 0 aliphatic heterocycles. The lowest BCUT2D eigenvalue weighted by Gasteiger charge is -1.91. The first-order valence-electron chi connectivity index (χ1n) is 2.35. The van der Waals surface area contributed by atoms with Gasteiger partial charge >= 0.3 is 0 Å². The van der Waals surface area contributed by atoms with Crippen LogP contribution in [0.5, 0.6) is 0 Å². The summed E-state index contributed by atoms with van der Waals surface area (Å²) >= 11 is 5.28. The summed E-state index contributed by atoms with van der Waals surface area (Å²) in [6.45, 7) is 1.60. The molecule has 48 valence electrons. The second kappa shape index (κ2) is 2.27. The zero-order valence-electron chi connectivity index (χ0n) is 4.73. The highest BCUT2D eigenvalue weighted by Crippen LogP contribution is 2.08. The first-order chi connectivity index (χ1) is 4.20. The Hall–Kier alpha value is -0.700. The maximum atomic E-state index is 12.3. The Bertz CT molecular complexity index is 226. The van der Waals surface area contributed by atoms with E-state index in [0.29, 0.717) is 5.82 Å². The molecule has 0 spiro atoms.